The molecule has 0 fully saturated rings. The number of benzene rings is 4. The van der Waals surface area contributed by atoms with Crippen molar-refractivity contribution in [1.82, 2.24) is 5.32 Å². The number of carboxylic acid groups (broad SMARTS) is 2. The van der Waals surface area contributed by atoms with Crippen molar-refractivity contribution in [2.75, 3.05) is 174 Å². The third-order valence-electron chi connectivity index (χ3n) is 13.9. The van der Waals surface area contributed by atoms with Crippen molar-refractivity contribution in [2.24, 2.45) is 0 Å². The molecule has 4 aromatic rings. The smallest absolute Gasteiger partial charge is 0.312 e. The first-order valence-corrected chi connectivity index (χ1v) is 35.6. The zero-order valence-corrected chi connectivity index (χ0v) is 60.1. The van der Waals surface area contributed by atoms with Gasteiger partial charge >= 0.3 is 44.9 Å². The van der Waals surface area contributed by atoms with E-state index in [-0.39, 0.29) is 102 Å². The van der Waals surface area contributed by atoms with Crippen molar-refractivity contribution >= 4 is 60.4 Å². The normalized spacial score (nSPS) is 16.3. The summed E-state index contributed by atoms with van der Waals surface area (Å²) in [5, 5.41) is 30.8. The SMILES string of the molecule is CC(C)(C)c1cc(C[NH2+]CCCCC(=O)NCCC(=O)Nc2ccc3c(c2)OCCOCCOCCOCCOCCO3)cc(C(C)(C)C)c1.F[P-](F)(F)(F)(F)F.O=C(O)CC(=O)Nc1ccc2c(c1)OCCOCCOCCOc1cc(NC(=O)CC(=O)O)ccc1OCCOCCOCCO2. The Morgan fingerprint density at radius 2 is 0.680 bits per heavy atom. The number of hydrogen-bond donors (Lipinski definition) is 7. The number of nitrogens with one attached hydrogen (secondary N) is 4. The van der Waals surface area contributed by atoms with E-state index in [0.29, 0.717) is 137 Å². The van der Waals surface area contributed by atoms with Gasteiger partial charge in [-0.2, -0.15) is 0 Å². The van der Waals surface area contributed by atoms with Crippen LogP contribution in [0.4, 0.5) is 42.2 Å². The fourth-order valence-corrected chi connectivity index (χ4v) is 8.95. The Kier molecular flexibility index (Phi) is 38.0. The number of aliphatic carboxylic acids is 2. The summed E-state index contributed by atoms with van der Waals surface area (Å²) in [4.78, 5) is 70.4. The van der Waals surface area contributed by atoms with Gasteiger partial charge in [0.25, 0.3) is 0 Å². The first kappa shape index (κ1) is 87.6. The van der Waals surface area contributed by atoms with Gasteiger partial charge in [-0.1, -0.05) is 47.6 Å². The quantitative estimate of drug-likeness (QED) is 0.0224. The molecule has 0 radical (unpaired) electrons. The third kappa shape index (κ3) is 43.8. The number of anilines is 3. The molecule has 0 saturated heterocycles. The maximum atomic E-state index is 12.7. The Bertz CT molecular complexity index is 3120. The Morgan fingerprint density at radius 1 is 0.388 bits per heavy atom. The van der Waals surface area contributed by atoms with Gasteiger partial charge in [-0.15, -0.1) is 0 Å². The molecule has 8 N–H and O–H groups in total. The molecule has 0 bridgehead atoms. The topological polar surface area (TPSA) is 337 Å². The molecular formula is C69H100F6N5O22P. The molecule has 4 aromatic carbocycles. The van der Waals surface area contributed by atoms with Crippen molar-refractivity contribution in [2.45, 2.75) is 97.4 Å². The number of rotatable bonds is 17. The second-order valence-corrected chi connectivity index (χ2v) is 26.9. The average Bonchev–Trinajstić information content (AvgIpc) is 0.832. The summed E-state index contributed by atoms with van der Waals surface area (Å²) in [5.74, 6) is -1.59. The molecule has 6 rings (SSSR count). The summed E-state index contributed by atoms with van der Waals surface area (Å²) < 4.78 is 139. The van der Waals surface area contributed by atoms with Crippen LogP contribution in [0.25, 0.3) is 0 Å². The Morgan fingerprint density at radius 3 is 0.981 bits per heavy atom. The zero-order valence-electron chi connectivity index (χ0n) is 59.2. The molecule has 0 atom stereocenters. The summed E-state index contributed by atoms with van der Waals surface area (Å²) in [6, 6.07) is 21.7. The Labute approximate surface area is 595 Å². The summed E-state index contributed by atoms with van der Waals surface area (Å²) in [7, 11) is -10.7. The van der Waals surface area contributed by atoms with E-state index in [4.69, 9.17) is 76.5 Å². The van der Waals surface area contributed by atoms with E-state index in [0.717, 1.165) is 25.9 Å². The molecule has 103 heavy (non-hydrogen) atoms. The monoisotopic (exact) mass is 1500 g/mol. The van der Waals surface area contributed by atoms with Crippen LogP contribution in [0.1, 0.15) is 96.8 Å². The van der Waals surface area contributed by atoms with Crippen molar-refractivity contribution in [3.8, 4) is 34.5 Å². The molecule has 0 unspecified atom stereocenters. The van der Waals surface area contributed by atoms with Gasteiger partial charge in [0, 0.05) is 60.2 Å². The van der Waals surface area contributed by atoms with Crippen molar-refractivity contribution in [1.29, 1.82) is 0 Å². The van der Waals surface area contributed by atoms with Gasteiger partial charge in [-0.05, 0) is 83.3 Å². The molecule has 2 aliphatic heterocycles. The molecular weight excluding hydrogens is 1400 g/mol. The van der Waals surface area contributed by atoms with Gasteiger partial charge in [0.15, 0.2) is 34.5 Å². The van der Waals surface area contributed by atoms with E-state index in [9.17, 15) is 53.9 Å². The van der Waals surface area contributed by atoms with Crippen LogP contribution < -0.4 is 55.0 Å². The molecule has 2 heterocycles. The minimum Gasteiger partial charge on any atom is -0.487 e. The Balaban J connectivity index is 0.000000400. The van der Waals surface area contributed by atoms with Crippen LogP contribution in [-0.2, 0) is 84.0 Å². The Hall–Kier alpha value is -7.85. The van der Waals surface area contributed by atoms with Crippen LogP contribution in [0.5, 0.6) is 34.5 Å². The maximum Gasteiger partial charge on any atom is 0.312 e. The molecule has 580 valence electrons. The number of nitrogens with two attached hydrogens (primary N) is 1. The second kappa shape index (κ2) is 44.7. The van der Waals surface area contributed by atoms with Gasteiger partial charge in [-0.3, -0.25) is 28.8 Å². The number of carbonyl (C=O) groups is 6. The molecule has 2 aliphatic rings. The van der Waals surface area contributed by atoms with Crippen LogP contribution in [0.15, 0.2) is 72.8 Å². The van der Waals surface area contributed by atoms with E-state index in [2.05, 4.69) is 86.3 Å². The van der Waals surface area contributed by atoms with E-state index < -0.39 is 44.4 Å². The largest absolute Gasteiger partial charge is 0.487 e. The minimum absolute atomic E-state index is 0.0369. The fourth-order valence-electron chi connectivity index (χ4n) is 8.95. The first-order chi connectivity index (χ1) is 48.7. The predicted octanol–water partition coefficient (Wildman–Crippen LogP) is 9.69. The molecule has 0 spiro atoms. The zero-order chi connectivity index (χ0) is 75.6. The van der Waals surface area contributed by atoms with E-state index in [1.807, 2.05) is 0 Å². The molecule has 34 heteroatoms. The summed E-state index contributed by atoms with van der Waals surface area (Å²) in [5.41, 5.74) is 5.55. The standard InChI is InChI=1S/C39H61N3O8.C30H38N2O14.F6P/c1-38(2,3)31-25-30(26-32(27-31)39(4,5)6)29-40-13-8-7-9-36(43)41-14-12-37(44)42-33-10-11-34-35(28-33)50-24-22-48-20-18-46-16-15-45-17-19-47-21-23-49-34;33-27(19-29(35)36)31-21-1-3-23-25(17-21)45-15-11-41-7-8-42-12-16-46-26-18-22(32-28(34)20-30(37)38)2-4-24(26)44-14-10-40-6-5-39-9-13-43-23;1-7(2,3,4,5)6/h10-11,25-28,40H,7-9,12-24,29H2,1-6H3,(H,41,43)(H,42,44);1-4,17-18H,5-16,19-20H2,(H,31,33)(H,32,34)(H,35,36)(H,37,38);/q;;-1/p+1. The van der Waals surface area contributed by atoms with Gasteiger partial charge in [-0.25, -0.2) is 0 Å². The molecule has 0 saturated carbocycles. The van der Waals surface area contributed by atoms with Crippen LogP contribution >= 0.6 is 7.81 Å². The number of carboxylic acids is 2. The van der Waals surface area contributed by atoms with Crippen LogP contribution in [0.3, 0.4) is 0 Å². The number of hydrogen-bond acceptors (Lipinski definition) is 20. The van der Waals surface area contributed by atoms with Crippen LogP contribution in [0.2, 0.25) is 0 Å². The predicted molar refractivity (Wildman–Crippen MR) is 369 cm³/mol. The number of carbonyl (C=O) groups excluding carboxylic acids is 4. The number of halogens is 6. The van der Waals surface area contributed by atoms with Gasteiger partial charge < -0.3 is 103 Å². The second-order valence-electron chi connectivity index (χ2n) is 25.0. The summed E-state index contributed by atoms with van der Waals surface area (Å²) in [6.07, 6.45) is 1.02. The molecule has 0 aromatic heterocycles. The maximum absolute atomic E-state index is 12.7. The van der Waals surface area contributed by atoms with Crippen molar-refractivity contribution in [3.05, 3.63) is 89.5 Å². The van der Waals surface area contributed by atoms with Crippen molar-refractivity contribution < 1.29 is 136 Å². The van der Waals surface area contributed by atoms with Crippen LogP contribution in [-0.4, -0.2) is 204 Å². The van der Waals surface area contributed by atoms with Crippen molar-refractivity contribution in [3.63, 3.8) is 0 Å². The number of fused-ring (bicyclic) bond motifs is 3. The van der Waals surface area contributed by atoms with E-state index >= 15 is 0 Å². The summed E-state index contributed by atoms with van der Waals surface area (Å²) >= 11 is 0. The van der Waals surface area contributed by atoms with Crippen LogP contribution in [0, 0.1) is 0 Å². The fraction of sp³-hybridized carbons (Fsp3) is 0.565. The van der Waals surface area contributed by atoms with Gasteiger partial charge in [0.2, 0.25) is 23.6 Å². The van der Waals surface area contributed by atoms with E-state index in [1.165, 1.54) is 28.8 Å². The van der Waals surface area contributed by atoms with Gasteiger partial charge in [0.1, 0.15) is 59.0 Å². The first-order valence-electron chi connectivity index (χ1n) is 33.6. The minimum atomic E-state index is -10.7. The van der Waals surface area contributed by atoms with E-state index in [1.54, 1.807) is 42.5 Å². The number of ether oxygens (including phenoxy) is 14. The average molecular weight is 1500 g/mol. The third-order valence-corrected chi connectivity index (χ3v) is 13.9. The molecule has 27 nitrogen and oxygen atoms in total. The molecule has 0 aliphatic carbocycles. The number of amides is 4. The van der Waals surface area contributed by atoms with Gasteiger partial charge in [0.05, 0.1) is 112 Å². The molecule has 4 amide bonds. The summed E-state index contributed by atoms with van der Waals surface area (Å²) in [6.45, 7) is 22.9. The number of unbranched alkanes of at least 4 members (excludes halogenated alkanes) is 1. The number of quaternary nitrogens is 1.